The number of carbonyl (C=O) groups excluding carboxylic acids is 1. The maximum absolute atomic E-state index is 12.3. The predicted octanol–water partition coefficient (Wildman–Crippen LogP) is 2.79. The van der Waals surface area contributed by atoms with Gasteiger partial charge in [0.2, 0.25) is 0 Å². The Labute approximate surface area is 156 Å². The van der Waals surface area contributed by atoms with Crippen LogP contribution in [0.3, 0.4) is 0 Å². The second-order valence-electron chi connectivity index (χ2n) is 6.32. The fourth-order valence-electron chi connectivity index (χ4n) is 3.25. The normalized spacial score (nSPS) is 21.0. The number of hydrogen-bond donors (Lipinski definition) is 2. The average Bonchev–Trinajstić information content (AvgIpc) is 2.85. The number of nitrogens with one attached hydrogen (secondary N) is 2. The largest absolute Gasteiger partial charge is 0.357 e. The minimum Gasteiger partial charge on any atom is -0.357 e. The summed E-state index contributed by atoms with van der Waals surface area (Å²) < 4.78 is 0. The molecule has 3 rings (SSSR count). The molecule has 1 amide bonds. The van der Waals surface area contributed by atoms with Gasteiger partial charge in [-0.3, -0.25) is 4.79 Å². The standard InChI is InChI=1S/C17H26N4O.2ClH/c22-17(20-15-6-5-9-18-13-15)14-7-8-16(19-12-14)21-10-3-1-2-4-11-21;;/h7-8,12,15,18H,1-6,9-11,13H2,(H,20,22);2*1H/t15-;;/m0../s1. The lowest BCUT2D eigenvalue weighted by molar-refractivity contribution is 0.0930. The third kappa shape index (κ3) is 5.80. The van der Waals surface area contributed by atoms with Gasteiger partial charge in [0.15, 0.2) is 0 Å². The van der Waals surface area contributed by atoms with Crippen LogP contribution in [0.2, 0.25) is 0 Å². The highest BCUT2D eigenvalue weighted by Crippen LogP contribution is 2.17. The van der Waals surface area contributed by atoms with Crippen LogP contribution in [0.4, 0.5) is 5.82 Å². The van der Waals surface area contributed by atoms with E-state index in [2.05, 4.69) is 20.5 Å². The summed E-state index contributed by atoms with van der Waals surface area (Å²) in [6.07, 6.45) is 8.98. The van der Waals surface area contributed by atoms with E-state index in [9.17, 15) is 4.79 Å². The Morgan fingerprint density at radius 3 is 2.46 bits per heavy atom. The number of amides is 1. The Kier molecular flexibility index (Phi) is 9.41. The number of carbonyl (C=O) groups is 1. The van der Waals surface area contributed by atoms with E-state index in [1.165, 1.54) is 25.7 Å². The van der Waals surface area contributed by atoms with Gasteiger partial charge in [-0.1, -0.05) is 12.8 Å². The number of hydrogen-bond acceptors (Lipinski definition) is 4. The second-order valence-corrected chi connectivity index (χ2v) is 6.32. The van der Waals surface area contributed by atoms with Gasteiger partial charge in [0, 0.05) is 31.9 Å². The summed E-state index contributed by atoms with van der Waals surface area (Å²) in [6.45, 7) is 4.07. The highest BCUT2D eigenvalue weighted by Gasteiger charge is 2.17. The van der Waals surface area contributed by atoms with E-state index in [1.54, 1.807) is 6.20 Å². The molecule has 0 aromatic carbocycles. The lowest BCUT2D eigenvalue weighted by Crippen LogP contribution is -2.45. The lowest BCUT2D eigenvalue weighted by atomic mass is 10.1. The van der Waals surface area contributed by atoms with Crippen LogP contribution >= 0.6 is 24.8 Å². The van der Waals surface area contributed by atoms with Crippen LogP contribution in [0.1, 0.15) is 48.9 Å². The van der Waals surface area contributed by atoms with Gasteiger partial charge in [0.1, 0.15) is 5.82 Å². The number of rotatable bonds is 3. The quantitative estimate of drug-likeness (QED) is 0.853. The maximum Gasteiger partial charge on any atom is 0.253 e. The summed E-state index contributed by atoms with van der Waals surface area (Å²) in [5.74, 6) is 0.987. The van der Waals surface area contributed by atoms with Gasteiger partial charge in [-0.15, -0.1) is 24.8 Å². The number of nitrogens with zero attached hydrogens (tertiary/aromatic N) is 2. The molecule has 1 aromatic heterocycles. The molecule has 0 aliphatic carbocycles. The van der Waals surface area contributed by atoms with Crippen molar-refractivity contribution in [1.82, 2.24) is 15.6 Å². The topological polar surface area (TPSA) is 57.3 Å². The minimum absolute atomic E-state index is 0. The Bertz CT molecular complexity index is 484. The van der Waals surface area contributed by atoms with Gasteiger partial charge in [-0.05, 0) is 44.4 Å². The van der Waals surface area contributed by atoms with Crippen molar-refractivity contribution in [2.45, 2.75) is 44.6 Å². The van der Waals surface area contributed by atoms with Gasteiger partial charge < -0.3 is 15.5 Å². The van der Waals surface area contributed by atoms with E-state index >= 15 is 0 Å². The maximum atomic E-state index is 12.3. The van der Waals surface area contributed by atoms with Crippen LogP contribution in [0.25, 0.3) is 0 Å². The molecule has 1 atom stereocenters. The van der Waals surface area contributed by atoms with E-state index in [1.807, 2.05) is 12.1 Å². The minimum atomic E-state index is -0.0105. The Morgan fingerprint density at radius 2 is 1.88 bits per heavy atom. The van der Waals surface area contributed by atoms with Crippen molar-refractivity contribution in [2.24, 2.45) is 0 Å². The van der Waals surface area contributed by atoms with Crippen molar-refractivity contribution in [2.75, 3.05) is 31.1 Å². The van der Waals surface area contributed by atoms with E-state index in [4.69, 9.17) is 0 Å². The number of anilines is 1. The van der Waals surface area contributed by atoms with Crippen molar-refractivity contribution in [3.63, 3.8) is 0 Å². The zero-order valence-electron chi connectivity index (χ0n) is 14.0. The lowest BCUT2D eigenvalue weighted by Gasteiger charge is -2.24. The van der Waals surface area contributed by atoms with Gasteiger partial charge in [-0.2, -0.15) is 0 Å². The first-order valence-corrected chi connectivity index (χ1v) is 8.55. The van der Waals surface area contributed by atoms with Gasteiger partial charge in [0.25, 0.3) is 5.91 Å². The molecule has 1 aromatic rings. The van der Waals surface area contributed by atoms with Crippen molar-refractivity contribution < 1.29 is 4.79 Å². The molecule has 0 bridgehead atoms. The SMILES string of the molecule is Cl.Cl.O=C(N[C@H]1CCCNC1)c1ccc(N2CCCCCC2)nc1. The molecule has 24 heavy (non-hydrogen) atoms. The predicted molar refractivity (Wildman–Crippen MR) is 103 cm³/mol. The van der Waals surface area contributed by atoms with E-state index in [-0.39, 0.29) is 36.8 Å². The highest BCUT2D eigenvalue weighted by atomic mass is 35.5. The first kappa shape index (κ1) is 21.0. The number of piperidine rings is 1. The molecular formula is C17H28Cl2N4O. The summed E-state index contributed by atoms with van der Waals surface area (Å²) in [5, 5.41) is 6.40. The molecular weight excluding hydrogens is 347 g/mol. The third-order valence-electron chi connectivity index (χ3n) is 4.57. The van der Waals surface area contributed by atoms with Gasteiger partial charge in [-0.25, -0.2) is 4.98 Å². The van der Waals surface area contributed by atoms with E-state index in [0.29, 0.717) is 5.56 Å². The van der Waals surface area contributed by atoms with Crippen LogP contribution < -0.4 is 15.5 Å². The summed E-state index contributed by atoms with van der Waals surface area (Å²) in [5.41, 5.74) is 0.657. The van der Waals surface area contributed by atoms with Crippen LogP contribution in [0.5, 0.6) is 0 Å². The molecule has 0 radical (unpaired) electrons. The summed E-state index contributed by atoms with van der Waals surface area (Å²) in [4.78, 5) is 19.1. The Morgan fingerprint density at radius 1 is 1.12 bits per heavy atom. The van der Waals surface area contributed by atoms with Crippen molar-refractivity contribution in [1.29, 1.82) is 0 Å². The summed E-state index contributed by atoms with van der Waals surface area (Å²) in [7, 11) is 0. The molecule has 0 unspecified atom stereocenters. The molecule has 0 saturated carbocycles. The monoisotopic (exact) mass is 374 g/mol. The number of halogens is 2. The Balaban J connectivity index is 0.00000144. The van der Waals surface area contributed by atoms with Crippen LogP contribution in [-0.4, -0.2) is 43.1 Å². The molecule has 136 valence electrons. The first-order chi connectivity index (χ1) is 10.8. The van der Waals surface area contributed by atoms with Gasteiger partial charge >= 0.3 is 0 Å². The molecule has 7 heteroatoms. The van der Waals surface area contributed by atoms with Gasteiger partial charge in [0.05, 0.1) is 5.56 Å². The van der Waals surface area contributed by atoms with E-state index < -0.39 is 0 Å². The third-order valence-corrected chi connectivity index (χ3v) is 4.57. The fourth-order valence-corrected chi connectivity index (χ4v) is 3.25. The van der Waals surface area contributed by atoms with Crippen molar-refractivity contribution in [3.8, 4) is 0 Å². The first-order valence-electron chi connectivity index (χ1n) is 8.55. The van der Waals surface area contributed by atoms with Crippen molar-refractivity contribution in [3.05, 3.63) is 23.9 Å². The van der Waals surface area contributed by atoms with E-state index in [0.717, 1.165) is 44.8 Å². The average molecular weight is 375 g/mol. The summed E-state index contributed by atoms with van der Waals surface area (Å²) in [6, 6.07) is 4.13. The molecule has 2 fully saturated rings. The highest BCUT2D eigenvalue weighted by molar-refractivity contribution is 5.94. The molecule has 2 aliphatic rings. The van der Waals surface area contributed by atoms with Crippen LogP contribution in [0, 0.1) is 0 Å². The van der Waals surface area contributed by atoms with Crippen LogP contribution in [-0.2, 0) is 0 Å². The summed E-state index contributed by atoms with van der Waals surface area (Å²) >= 11 is 0. The molecule has 2 aliphatic heterocycles. The molecule has 3 heterocycles. The Hall–Kier alpha value is -1.04. The molecule has 2 saturated heterocycles. The number of aromatic nitrogens is 1. The fraction of sp³-hybridized carbons (Fsp3) is 0.647. The zero-order chi connectivity index (χ0) is 15.2. The smallest absolute Gasteiger partial charge is 0.253 e. The molecule has 0 spiro atoms. The zero-order valence-corrected chi connectivity index (χ0v) is 15.6. The number of pyridine rings is 1. The van der Waals surface area contributed by atoms with Crippen LogP contribution in [0.15, 0.2) is 18.3 Å². The molecule has 2 N–H and O–H groups in total. The second kappa shape index (κ2) is 10.7. The molecule has 5 nitrogen and oxygen atoms in total. The van der Waals surface area contributed by atoms with Crippen molar-refractivity contribution >= 4 is 36.5 Å².